The average Bonchev–Trinajstić information content (AvgIpc) is 3.18. The first-order valence-corrected chi connectivity index (χ1v) is 8.66. The van der Waals surface area contributed by atoms with Crippen LogP contribution in [0, 0.1) is 11.7 Å². The first-order chi connectivity index (χ1) is 12.1. The number of hydrogen-bond donors (Lipinski definition) is 3. The molecule has 1 aliphatic heterocycles. The molecule has 3 N–H and O–H groups in total. The van der Waals surface area contributed by atoms with Gasteiger partial charge in [-0.25, -0.2) is 14.8 Å². The summed E-state index contributed by atoms with van der Waals surface area (Å²) < 4.78 is 15.1. The second-order valence-corrected chi connectivity index (χ2v) is 6.91. The van der Waals surface area contributed by atoms with Crippen molar-refractivity contribution in [3.63, 3.8) is 0 Å². The highest BCUT2D eigenvalue weighted by Crippen LogP contribution is 2.35. The van der Waals surface area contributed by atoms with E-state index >= 15 is 0 Å². The van der Waals surface area contributed by atoms with Gasteiger partial charge in [0, 0.05) is 25.5 Å². The van der Waals surface area contributed by atoms with Crippen molar-refractivity contribution in [1.29, 1.82) is 0 Å². The molecule has 1 saturated carbocycles. The summed E-state index contributed by atoms with van der Waals surface area (Å²) >= 11 is 0. The highest BCUT2D eigenvalue weighted by molar-refractivity contribution is 5.82. The second-order valence-electron chi connectivity index (χ2n) is 6.91. The van der Waals surface area contributed by atoms with Gasteiger partial charge < -0.3 is 9.88 Å². The van der Waals surface area contributed by atoms with Crippen molar-refractivity contribution < 1.29 is 9.18 Å². The van der Waals surface area contributed by atoms with Gasteiger partial charge >= 0.3 is 0 Å². The Kier molecular flexibility index (Phi) is 4.27. The number of carbonyl (C=O) groups excluding carboxylic acids is 1. The first kappa shape index (κ1) is 16.2. The summed E-state index contributed by atoms with van der Waals surface area (Å²) in [6, 6.07) is 5.84. The molecule has 0 radical (unpaired) electrons. The molecule has 1 saturated heterocycles. The van der Waals surface area contributed by atoms with Crippen LogP contribution in [0.2, 0.25) is 0 Å². The summed E-state index contributed by atoms with van der Waals surface area (Å²) in [4.78, 5) is 17.1. The van der Waals surface area contributed by atoms with Gasteiger partial charge in [0.1, 0.15) is 23.7 Å². The van der Waals surface area contributed by atoms with Crippen molar-refractivity contribution in [2.75, 3.05) is 0 Å². The molecule has 0 spiro atoms. The number of benzene rings is 1. The topological polar surface area (TPSA) is 71.0 Å². The predicted molar refractivity (Wildman–Crippen MR) is 90.8 cm³/mol. The second kappa shape index (κ2) is 6.57. The van der Waals surface area contributed by atoms with Crippen LogP contribution in [-0.2, 0) is 11.8 Å². The fraction of sp³-hybridized carbons (Fsp3) is 0.444. The number of rotatable bonds is 5. The van der Waals surface area contributed by atoms with Gasteiger partial charge in [-0.3, -0.25) is 10.2 Å². The summed E-state index contributed by atoms with van der Waals surface area (Å²) in [6.07, 6.45) is 6.78. The van der Waals surface area contributed by atoms with Crippen LogP contribution in [0.4, 0.5) is 4.39 Å². The molecule has 4 rings (SSSR count). The van der Waals surface area contributed by atoms with E-state index in [1.165, 1.54) is 25.0 Å². The zero-order valence-corrected chi connectivity index (χ0v) is 14.1. The van der Waals surface area contributed by atoms with Gasteiger partial charge in [0.25, 0.3) is 0 Å². The average molecular weight is 343 g/mol. The lowest BCUT2D eigenvalue weighted by atomic mass is 10.0. The largest absolute Gasteiger partial charge is 0.341 e. The van der Waals surface area contributed by atoms with Gasteiger partial charge in [-0.05, 0) is 42.9 Å². The Morgan fingerprint density at radius 3 is 2.72 bits per heavy atom. The van der Waals surface area contributed by atoms with Crippen LogP contribution in [0.15, 0.2) is 36.7 Å². The number of carbonyl (C=O) groups is 1. The van der Waals surface area contributed by atoms with Crippen molar-refractivity contribution in [1.82, 2.24) is 25.7 Å². The molecule has 1 aromatic carbocycles. The lowest BCUT2D eigenvalue weighted by molar-refractivity contribution is -0.123. The van der Waals surface area contributed by atoms with Gasteiger partial charge in [-0.1, -0.05) is 12.1 Å². The van der Waals surface area contributed by atoms with E-state index in [1.807, 2.05) is 17.8 Å². The Balaban J connectivity index is 1.53. The normalized spacial score (nSPS) is 24.2. The Hall–Kier alpha value is -2.25. The van der Waals surface area contributed by atoms with Crippen LogP contribution in [-0.4, -0.2) is 27.5 Å². The maximum atomic E-state index is 13.3. The number of imidazole rings is 1. The summed E-state index contributed by atoms with van der Waals surface area (Å²) in [7, 11) is 1.88. The third-order valence-electron chi connectivity index (χ3n) is 5.05. The predicted octanol–water partition coefficient (Wildman–Crippen LogP) is 1.41. The van der Waals surface area contributed by atoms with Crippen LogP contribution in [0.3, 0.4) is 0 Å². The van der Waals surface area contributed by atoms with E-state index in [-0.39, 0.29) is 17.8 Å². The Morgan fingerprint density at radius 1 is 1.32 bits per heavy atom. The molecule has 2 heterocycles. The first-order valence-electron chi connectivity index (χ1n) is 8.66. The fourth-order valence-corrected chi connectivity index (χ4v) is 3.41. The molecule has 3 unspecified atom stereocenters. The van der Waals surface area contributed by atoms with Crippen molar-refractivity contribution in [3.05, 3.63) is 53.9 Å². The van der Waals surface area contributed by atoms with Gasteiger partial charge in [-0.15, -0.1) is 0 Å². The van der Waals surface area contributed by atoms with Gasteiger partial charge in [0.2, 0.25) is 5.91 Å². The van der Waals surface area contributed by atoms with Crippen LogP contribution in [0.5, 0.6) is 0 Å². The maximum absolute atomic E-state index is 13.3. The van der Waals surface area contributed by atoms with E-state index in [0.29, 0.717) is 17.8 Å². The summed E-state index contributed by atoms with van der Waals surface area (Å²) in [5.41, 5.74) is 7.14. The van der Waals surface area contributed by atoms with E-state index in [2.05, 4.69) is 21.2 Å². The lowest BCUT2D eigenvalue weighted by Gasteiger charge is -2.21. The molecule has 1 aliphatic carbocycles. The Labute approximate surface area is 145 Å². The molecule has 2 fully saturated rings. The maximum Gasteiger partial charge on any atom is 0.239 e. The van der Waals surface area contributed by atoms with Gasteiger partial charge in [0.05, 0.1) is 0 Å². The van der Waals surface area contributed by atoms with E-state index in [0.717, 1.165) is 12.0 Å². The van der Waals surface area contributed by atoms with Gasteiger partial charge in [0.15, 0.2) is 0 Å². The molecule has 2 aromatic rings. The molecule has 1 aromatic heterocycles. The number of aromatic nitrogens is 2. The van der Waals surface area contributed by atoms with E-state index in [4.69, 9.17) is 0 Å². The number of amides is 1. The van der Waals surface area contributed by atoms with Gasteiger partial charge in [-0.2, -0.15) is 0 Å². The quantitative estimate of drug-likeness (QED) is 0.768. The molecule has 0 bridgehead atoms. The Bertz CT molecular complexity index is 755. The van der Waals surface area contributed by atoms with Crippen molar-refractivity contribution >= 4 is 5.91 Å². The monoisotopic (exact) mass is 343 g/mol. The van der Waals surface area contributed by atoms with Crippen LogP contribution < -0.4 is 16.2 Å². The SMILES string of the molecule is Cn1ccnc1C(NC(=O)C1CC(C2CC2)NN1)c1ccc(F)cc1. The number of halogens is 1. The summed E-state index contributed by atoms with van der Waals surface area (Å²) in [6.45, 7) is 0. The van der Waals surface area contributed by atoms with Crippen LogP contribution in [0.1, 0.15) is 36.7 Å². The number of hydrazine groups is 1. The highest BCUT2D eigenvalue weighted by atomic mass is 19.1. The summed E-state index contributed by atoms with van der Waals surface area (Å²) in [5, 5.41) is 3.07. The summed E-state index contributed by atoms with van der Waals surface area (Å²) in [5.74, 6) is 1.02. The molecular formula is C18H22FN5O. The molecule has 6 nitrogen and oxygen atoms in total. The molecule has 2 aliphatic rings. The lowest BCUT2D eigenvalue weighted by Crippen LogP contribution is -2.45. The zero-order valence-electron chi connectivity index (χ0n) is 14.1. The van der Waals surface area contributed by atoms with Crippen molar-refractivity contribution in [3.8, 4) is 0 Å². The third kappa shape index (κ3) is 3.43. The van der Waals surface area contributed by atoms with Crippen LogP contribution >= 0.6 is 0 Å². The Morgan fingerprint density at radius 2 is 2.08 bits per heavy atom. The molecule has 132 valence electrons. The van der Waals surface area contributed by atoms with Crippen molar-refractivity contribution in [2.45, 2.75) is 37.4 Å². The molecule has 7 heteroatoms. The van der Waals surface area contributed by atoms with E-state index in [1.54, 1.807) is 18.3 Å². The molecular weight excluding hydrogens is 321 g/mol. The third-order valence-corrected chi connectivity index (χ3v) is 5.05. The number of nitrogens with one attached hydrogen (secondary N) is 3. The minimum absolute atomic E-state index is 0.0759. The minimum atomic E-state index is -0.421. The van der Waals surface area contributed by atoms with E-state index in [9.17, 15) is 9.18 Å². The van der Waals surface area contributed by atoms with E-state index < -0.39 is 6.04 Å². The standard InChI is InChI=1S/C18H22FN5O/c1-24-9-8-20-17(24)16(12-4-6-13(19)7-5-12)21-18(25)15-10-14(22-23-15)11-2-3-11/h4-9,11,14-16,22-23H,2-3,10H2,1H3,(H,21,25). The smallest absolute Gasteiger partial charge is 0.239 e. The fourth-order valence-electron chi connectivity index (χ4n) is 3.41. The minimum Gasteiger partial charge on any atom is -0.341 e. The van der Waals surface area contributed by atoms with Crippen molar-refractivity contribution in [2.24, 2.45) is 13.0 Å². The zero-order chi connectivity index (χ0) is 17.4. The molecule has 3 atom stereocenters. The number of aryl methyl sites for hydroxylation is 1. The number of nitrogens with zero attached hydrogens (tertiary/aromatic N) is 2. The molecule has 25 heavy (non-hydrogen) atoms. The molecule has 1 amide bonds. The number of hydrogen-bond acceptors (Lipinski definition) is 4. The highest BCUT2D eigenvalue weighted by Gasteiger charge is 2.39. The van der Waals surface area contributed by atoms with Crippen LogP contribution in [0.25, 0.3) is 0 Å².